The summed E-state index contributed by atoms with van der Waals surface area (Å²) in [6, 6.07) is 5.08. The summed E-state index contributed by atoms with van der Waals surface area (Å²) >= 11 is 0. The van der Waals surface area contributed by atoms with Crippen LogP contribution in [0.1, 0.15) is 74.4 Å². The van der Waals surface area contributed by atoms with Crippen molar-refractivity contribution in [1.82, 2.24) is 5.32 Å². The molecule has 184 valence electrons. The topological polar surface area (TPSA) is 112 Å². The lowest BCUT2D eigenvalue weighted by Crippen LogP contribution is -2.34. The van der Waals surface area contributed by atoms with Gasteiger partial charge in [0, 0.05) is 40.3 Å². The van der Waals surface area contributed by atoms with E-state index in [1.54, 1.807) is 13.0 Å². The van der Waals surface area contributed by atoms with E-state index in [2.05, 4.69) is 5.32 Å². The fraction of sp³-hybridized carbons (Fsp3) is 0.407. The number of allylic oxidation sites excluding steroid dienone is 3. The largest absolute Gasteiger partial charge is 0.466 e. The van der Waals surface area contributed by atoms with Crippen molar-refractivity contribution in [2.75, 3.05) is 14.2 Å². The number of fused-ring (bicyclic) bond motifs is 1. The molecule has 1 aromatic heterocycles. The van der Waals surface area contributed by atoms with Crippen molar-refractivity contribution in [2.45, 2.75) is 58.3 Å². The molecule has 8 heteroatoms. The van der Waals surface area contributed by atoms with Gasteiger partial charge in [0.1, 0.15) is 11.1 Å². The van der Waals surface area contributed by atoms with Crippen molar-refractivity contribution in [3.05, 3.63) is 67.8 Å². The van der Waals surface area contributed by atoms with Crippen molar-refractivity contribution >= 4 is 28.7 Å². The Morgan fingerprint density at radius 1 is 1.03 bits per heavy atom. The van der Waals surface area contributed by atoms with Gasteiger partial charge in [0.15, 0.2) is 5.78 Å². The highest BCUT2D eigenvalue weighted by Crippen LogP contribution is 2.44. The third kappa shape index (κ3) is 4.17. The Morgan fingerprint density at radius 2 is 1.71 bits per heavy atom. The number of carbonyl (C=O) groups is 3. The molecule has 0 amide bonds. The average molecular weight is 480 g/mol. The van der Waals surface area contributed by atoms with Crippen molar-refractivity contribution in [3.63, 3.8) is 0 Å². The molecular formula is C27H29NO7. The van der Waals surface area contributed by atoms with Crippen LogP contribution in [0.15, 0.2) is 50.0 Å². The first kappa shape index (κ1) is 24.4. The minimum atomic E-state index is -0.802. The van der Waals surface area contributed by atoms with Crippen molar-refractivity contribution in [1.29, 1.82) is 0 Å². The first-order chi connectivity index (χ1) is 16.5. The molecule has 0 fully saturated rings. The SMILES string of the molecule is COC(=O)C1=C(C)NC2=C(C(=O)CCC2)C1c1cc(C(C)(C)C)c2oc(=O)c(C(=O)OC)cc2c1. The van der Waals surface area contributed by atoms with Crippen LogP contribution in [-0.4, -0.2) is 31.9 Å². The first-order valence-corrected chi connectivity index (χ1v) is 11.5. The van der Waals surface area contributed by atoms with Crippen molar-refractivity contribution in [3.8, 4) is 0 Å². The van der Waals surface area contributed by atoms with E-state index in [4.69, 9.17) is 13.9 Å². The predicted molar refractivity (Wildman–Crippen MR) is 129 cm³/mol. The maximum Gasteiger partial charge on any atom is 0.351 e. The Kier molecular flexibility index (Phi) is 6.17. The van der Waals surface area contributed by atoms with Gasteiger partial charge in [-0.25, -0.2) is 14.4 Å². The van der Waals surface area contributed by atoms with Gasteiger partial charge in [0.2, 0.25) is 0 Å². The van der Waals surface area contributed by atoms with E-state index in [0.29, 0.717) is 51.8 Å². The number of hydrogen-bond acceptors (Lipinski definition) is 8. The quantitative estimate of drug-likeness (QED) is 0.519. The minimum Gasteiger partial charge on any atom is -0.466 e. The number of ether oxygens (including phenoxy) is 2. The molecule has 1 unspecified atom stereocenters. The highest BCUT2D eigenvalue weighted by Gasteiger charge is 2.39. The zero-order valence-corrected chi connectivity index (χ0v) is 20.8. The van der Waals surface area contributed by atoms with Gasteiger partial charge in [-0.1, -0.05) is 26.8 Å². The molecule has 0 saturated carbocycles. The van der Waals surface area contributed by atoms with Crippen LogP contribution in [0.2, 0.25) is 0 Å². The van der Waals surface area contributed by atoms with E-state index in [0.717, 1.165) is 12.1 Å². The number of methoxy groups -OCH3 is 2. The van der Waals surface area contributed by atoms with Crippen LogP contribution < -0.4 is 10.9 Å². The second-order valence-electron chi connectivity index (χ2n) is 9.93. The zero-order valence-electron chi connectivity index (χ0n) is 20.8. The Bertz CT molecular complexity index is 1380. The summed E-state index contributed by atoms with van der Waals surface area (Å²) in [6.45, 7) is 7.71. The number of Topliss-reactive ketones (excluding diaryl/α,β-unsaturated/α-hetero) is 1. The Labute approximate surface area is 203 Å². The standard InChI is InChI=1S/C27H29NO7/c1-13-20(26(32)34-6)21(22-18(28-13)8-7-9-19(22)29)14-10-15-11-16(24(30)33-5)25(31)35-23(15)17(12-14)27(2,3)4/h10-12,21,28H,7-9H2,1-6H3. The summed E-state index contributed by atoms with van der Waals surface area (Å²) in [5.41, 5.74) is 2.60. The summed E-state index contributed by atoms with van der Waals surface area (Å²) in [6.07, 6.45) is 1.83. The van der Waals surface area contributed by atoms with E-state index < -0.39 is 28.9 Å². The van der Waals surface area contributed by atoms with Gasteiger partial charge in [-0.3, -0.25) is 4.79 Å². The molecule has 35 heavy (non-hydrogen) atoms. The summed E-state index contributed by atoms with van der Waals surface area (Å²) in [4.78, 5) is 50.8. The molecule has 0 spiro atoms. The van der Waals surface area contributed by atoms with E-state index in [-0.39, 0.29) is 11.3 Å². The highest BCUT2D eigenvalue weighted by molar-refractivity contribution is 6.04. The van der Waals surface area contributed by atoms with Gasteiger partial charge >= 0.3 is 17.6 Å². The van der Waals surface area contributed by atoms with Crippen molar-refractivity contribution < 1.29 is 28.3 Å². The summed E-state index contributed by atoms with van der Waals surface area (Å²) in [5.74, 6) is -2.02. The van der Waals surface area contributed by atoms with Gasteiger partial charge in [-0.15, -0.1) is 0 Å². The van der Waals surface area contributed by atoms with Crippen LogP contribution in [0, 0.1) is 0 Å². The van der Waals surface area contributed by atoms with Crippen LogP contribution in [-0.2, 0) is 24.5 Å². The maximum absolute atomic E-state index is 13.2. The lowest BCUT2D eigenvalue weighted by molar-refractivity contribution is -0.136. The van der Waals surface area contributed by atoms with Gasteiger partial charge in [-0.2, -0.15) is 0 Å². The minimum absolute atomic E-state index is 0.0232. The molecule has 0 saturated heterocycles. The van der Waals surface area contributed by atoms with Crippen LogP contribution >= 0.6 is 0 Å². The lowest BCUT2D eigenvalue weighted by Gasteiger charge is -2.34. The molecule has 1 aliphatic heterocycles. The van der Waals surface area contributed by atoms with Crippen LogP contribution in [0.5, 0.6) is 0 Å². The molecule has 4 rings (SSSR count). The number of dihydropyridines is 1. The van der Waals surface area contributed by atoms with E-state index in [9.17, 15) is 19.2 Å². The lowest BCUT2D eigenvalue weighted by atomic mass is 9.73. The summed E-state index contributed by atoms with van der Waals surface area (Å²) in [5, 5.41) is 3.75. The summed E-state index contributed by atoms with van der Waals surface area (Å²) < 4.78 is 15.5. The van der Waals surface area contributed by atoms with Gasteiger partial charge in [0.05, 0.1) is 19.8 Å². The van der Waals surface area contributed by atoms with E-state index >= 15 is 0 Å². The molecule has 0 radical (unpaired) electrons. The molecule has 1 aromatic carbocycles. The number of benzene rings is 1. The number of nitrogens with one attached hydrogen (secondary N) is 1. The van der Waals surface area contributed by atoms with Gasteiger partial charge < -0.3 is 19.2 Å². The summed E-state index contributed by atoms with van der Waals surface area (Å²) in [7, 11) is 2.50. The van der Waals surface area contributed by atoms with Gasteiger partial charge in [-0.05, 0) is 42.9 Å². The number of rotatable bonds is 3. The van der Waals surface area contributed by atoms with Gasteiger partial charge in [0.25, 0.3) is 0 Å². The maximum atomic E-state index is 13.2. The monoisotopic (exact) mass is 479 g/mol. The normalized spacial score (nSPS) is 18.3. The number of esters is 2. The van der Waals surface area contributed by atoms with Crippen LogP contribution in [0.25, 0.3) is 11.0 Å². The molecule has 2 aliphatic rings. The van der Waals surface area contributed by atoms with E-state index in [1.165, 1.54) is 20.3 Å². The van der Waals surface area contributed by atoms with Crippen molar-refractivity contribution in [2.24, 2.45) is 0 Å². The molecule has 0 bridgehead atoms. The number of hydrogen-bond donors (Lipinski definition) is 1. The fourth-order valence-electron chi connectivity index (χ4n) is 4.93. The zero-order chi connectivity index (χ0) is 25.7. The molecular weight excluding hydrogens is 450 g/mol. The molecule has 1 atom stereocenters. The molecule has 2 heterocycles. The predicted octanol–water partition coefficient (Wildman–Crippen LogP) is 4.02. The number of carbonyl (C=O) groups excluding carboxylic acids is 3. The second-order valence-corrected chi connectivity index (χ2v) is 9.93. The molecule has 8 nitrogen and oxygen atoms in total. The van der Waals surface area contributed by atoms with Crippen LogP contribution in [0.4, 0.5) is 0 Å². The fourth-order valence-corrected chi connectivity index (χ4v) is 4.93. The highest BCUT2D eigenvalue weighted by atomic mass is 16.5. The second kappa shape index (κ2) is 8.83. The molecule has 1 aliphatic carbocycles. The molecule has 2 aromatic rings. The Hall–Kier alpha value is -3.68. The third-order valence-electron chi connectivity index (χ3n) is 6.58. The Morgan fingerprint density at radius 3 is 2.34 bits per heavy atom. The molecule has 1 N–H and O–H groups in total. The Balaban J connectivity index is 2.08. The third-order valence-corrected chi connectivity index (χ3v) is 6.58. The first-order valence-electron chi connectivity index (χ1n) is 11.5. The van der Waals surface area contributed by atoms with E-state index in [1.807, 2.05) is 26.8 Å². The smallest absolute Gasteiger partial charge is 0.351 e. The van der Waals surface area contributed by atoms with Crippen LogP contribution in [0.3, 0.4) is 0 Å². The average Bonchev–Trinajstić information content (AvgIpc) is 2.80. The number of ketones is 1.